The van der Waals surface area contributed by atoms with E-state index >= 15 is 0 Å². The summed E-state index contributed by atoms with van der Waals surface area (Å²) in [5, 5.41) is 1.95. The number of hydrogen-bond donors (Lipinski definition) is 1. The maximum absolute atomic E-state index is 11.6. The number of ether oxygens (including phenoxy) is 2. The zero-order chi connectivity index (χ0) is 18.1. The Morgan fingerprint density at radius 3 is 1.56 bits per heavy atom. The van der Waals surface area contributed by atoms with Crippen LogP contribution in [-0.2, 0) is 9.59 Å². The molecule has 0 atom stereocenters. The summed E-state index contributed by atoms with van der Waals surface area (Å²) in [7, 11) is 0. The number of hydrogen-bond acceptors (Lipinski definition) is 4. The first-order chi connectivity index (χ1) is 11.8. The molecule has 3 rings (SSSR count). The number of nitrogens with one attached hydrogen (secondary N) is 1. The van der Waals surface area contributed by atoms with Crippen molar-refractivity contribution in [3.63, 3.8) is 0 Å². The monoisotopic (exact) mass is 335 g/mol. The van der Waals surface area contributed by atoms with Crippen LogP contribution in [0.5, 0.6) is 11.5 Å². The second-order valence-corrected chi connectivity index (χ2v) is 5.88. The van der Waals surface area contributed by atoms with Gasteiger partial charge in [-0.05, 0) is 38.1 Å². The van der Waals surface area contributed by atoms with E-state index in [0.29, 0.717) is 22.6 Å². The molecule has 1 aromatic heterocycles. The molecule has 5 nitrogen and oxygen atoms in total. The number of carbonyl (C=O) groups excluding carboxylic acids is 2. The first-order valence-electron chi connectivity index (χ1n) is 7.66. The van der Waals surface area contributed by atoms with Crippen molar-refractivity contribution >= 4 is 33.7 Å². The summed E-state index contributed by atoms with van der Waals surface area (Å²) in [5.41, 5.74) is 2.29. The Kier molecular flexibility index (Phi) is 4.15. The SMILES string of the molecule is C=C(C)C(=O)Oc1ccc2c(c1)[nH]c1cc(OC(=O)C(=C)C)ccc12. The van der Waals surface area contributed by atoms with E-state index < -0.39 is 11.9 Å². The molecule has 0 spiro atoms. The van der Waals surface area contributed by atoms with Crippen molar-refractivity contribution < 1.29 is 19.1 Å². The summed E-state index contributed by atoms with van der Waals surface area (Å²) in [5.74, 6) is -0.0733. The Labute approximate surface area is 144 Å². The average molecular weight is 335 g/mol. The third kappa shape index (κ3) is 3.30. The van der Waals surface area contributed by atoms with Gasteiger partial charge in [0.25, 0.3) is 0 Å². The van der Waals surface area contributed by atoms with E-state index in [4.69, 9.17) is 9.47 Å². The van der Waals surface area contributed by atoms with Gasteiger partial charge in [-0.25, -0.2) is 9.59 Å². The Bertz CT molecular complexity index is 960. The highest BCUT2D eigenvalue weighted by molar-refractivity contribution is 6.08. The molecule has 0 saturated heterocycles. The molecule has 0 unspecified atom stereocenters. The van der Waals surface area contributed by atoms with E-state index in [1.807, 2.05) is 12.1 Å². The molecular weight excluding hydrogens is 318 g/mol. The molecule has 3 aromatic rings. The summed E-state index contributed by atoms with van der Waals surface area (Å²) in [6.45, 7) is 10.3. The summed E-state index contributed by atoms with van der Waals surface area (Å²) in [6, 6.07) is 10.7. The number of carbonyl (C=O) groups is 2. The van der Waals surface area contributed by atoms with Gasteiger partial charge in [0, 0.05) is 34.1 Å². The summed E-state index contributed by atoms with van der Waals surface area (Å²) < 4.78 is 10.5. The fourth-order valence-corrected chi connectivity index (χ4v) is 2.38. The van der Waals surface area contributed by atoms with Crippen LogP contribution in [0.4, 0.5) is 0 Å². The van der Waals surface area contributed by atoms with E-state index in [2.05, 4.69) is 18.1 Å². The molecule has 0 amide bonds. The molecule has 5 heteroatoms. The van der Waals surface area contributed by atoms with E-state index in [-0.39, 0.29) is 0 Å². The van der Waals surface area contributed by atoms with Gasteiger partial charge in [0.2, 0.25) is 0 Å². The number of aromatic nitrogens is 1. The molecule has 0 aliphatic heterocycles. The predicted octanol–water partition coefficient (Wildman–Crippen LogP) is 4.28. The second-order valence-electron chi connectivity index (χ2n) is 5.88. The summed E-state index contributed by atoms with van der Waals surface area (Å²) in [6.07, 6.45) is 0. The van der Waals surface area contributed by atoms with Crippen molar-refractivity contribution in [3.05, 3.63) is 60.7 Å². The third-order valence-electron chi connectivity index (χ3n) is 3.66. The Hall–Kier alpha value is -3.34. The molecular formula is C20H17NO4. The summed E-state index contributed by atoms with van der Waals surface area (Å²) >= 11 is 0. The number of benzene rings is 2. The van der Waals surface area contributed by atoms with Crippen molar-refractivity contribution in [3.8, 4) is 11.5 Å². The van der Waals surface area contributed by atoms with Crippen LogP contribution >= 0.6 is 0 Å². The van der Waals surface area contributed by atoms with Gasteiger partial charge in [0.05, 0.1) is 11.0 Å². The Balaban J connectivity index is 1.97. The molecule has 0 saturated carbocycles. The van der Waals surface area contributed by atoms with Crippen LogP contribution < -0.4 is 9.47 Å². The van der Waals surface area contributed by atoms with Gasteiger partial charge in [-0.1, -0.05) is 13.2 Å². The lowest BCUT2D eigenvalue weighted by Gasteiger charge is -2.03. The van der Waals surface area contributed by atoms with Gasteiger partial charge >= 0.3 is 11.9 Å². The minimum Gasteiger partial charge on any atom is -0.423 e. The number of H-pyrrole nitrogens is 1. The molecule has 0 fully saturated rings. The second kappa shape index (κ2) is 6.28. The minimum absolute atomic E-state index is 0.334. The molecule has 126 valence electrons. The maximum Gasteiger partial charge on any atom is 0.338 e. The van der Waals surface area contributed by atoms with E-state index in [9.17, 15) is 9.59 Å². The number of fused-ring (bicyclic) bond motifs is 3. The van der Waals surface area contributed by atoms with Crippen LogP contribution in [0.25, 0.3) is 21.8 Å². The molecule has 25 heavy (non-hydrogen) atoms. The normalized spacial score (nSPS) is 10.6. The zero-order valence-corrected chi connectivity index (χ0v) is 14.0. The fraction of sp³-hybridized carbons (Fsp3) is 0.100. The molecule has 1 heterocycles. The highest BCUT2D eigenvalue weighted by Crippen LogP contribution is 2.31. The van der Waals surface area contributed by atoms with Crippen molar-refractivity contribution in [1.82, 2.24) is 4.98 Å². The van der Waals surface area contributed by atoms with E-state index in [1.54, 1.807) is 38.1 Å². The average Bonchev–Trinajstić information content (AvgIpc) is 2.91. The van der Waals surface area contributed by atoms with Crippen molar-refractivity contribution in [2.75, 3.05) is 0 Å². The minimum atomic E-state index is -0.468. The topological polar surface area (TPSA) is 68.4 Å². The quantitative estimate of drug-likeness (QED) is 0.439. The van der Waals surface area contributed by atoms with Crippen LogP contribution in [0.3, 0.4) is 0 Å². The first-order valence-corrected chi connectivity index (χ1v) is 7.66. The largest absolute Gasteiger partial charge is 0.423 e. The molecule has 1 N–H and O–H groups in total. The van der Waals surface area contributed by atoms with Gasteiger partial charge < -0.3 is 14.5 Å². The Morgan fingerprint density at radius 2 is 1.20 bits per heavy atom. The van der Waals surface area contributed by atoms with E-state index in [0.717, 1.165) is 21.8 Å². The maximum atomic E-state index is 11.6. The van der Waals surface area contributed by atoms with Gasteiger partial charge in [-0.15, -0.1) is 0 Å². The number of aromatic amines is 1. The highest BCUT2D eigenvalue weighted by atomic mass is 16.5. The molecule has 0 aliphatic carbocycles. The van der Waals surface area contributed by atoms with Gasteiger partial charge in [-0.3, -0.25) is 0 Å². The molecule has 0 aliphatic rings. The van der Waals surface area contributed by atoms with Gasteiger partial charge in [0.15, 0.2) is 0 Å². The van der Waals surface area contributed by atoms with Crippen LogP contribution in [0.2, 0.25) is 0 Å². The van der Waals surface area contributed by atoms with Crippen molar-refractivity contribution in [1.29, 1.82) is 0 Å². The van der Waals surface area contributed by atoms with Crippen LogP contribution in [-0.4, -0.2) is 16.9 Å². The lowest BCUT2D eigenvalue weighted by Crippen LogP contribution is -2.07. The van der Waals surface area contributed by atoms with Gasteiger partial charge in [-0.2, -0.15) is 0 Å². The number of rotatable bonds is 4. The highest BCUT2D eigenvalue weighted by Gasteiger charge is 2.11. The fourth-order valence-electron chi connectivity index (χ4n) is 2.38. The standard InChI is InChI=1S/C20H17NO4/c1-11(2)19(22)24-13-5-7-15-16-8-6-14(25-20(23)12(3)4)10-18(16)21-17(15)9-13/h5-10,21H,1,3H2,2,4H3. The predicted molar refractivity (Wildman–Crippen MR) is 96.7 cm³/mol. The molecule has 0 radical (unpaired) electrons. The first kappa shape index (κ1) is 16.5. The zero-order valence-electron chi connectivity index (χ0n) is 14.0. The van der Waals surface area contributed by atoms with Crippen LogP contribution in [0, 0.1) is 0 Å². The van der Waals surface area contributed by atoms with Crippen molar-refractivity contribution in [2.45, 2.75) is 13.8 Å². The smallest absolute Gasteiger partial charge is 0.338 e. The van der Waals surface area contributed by atoms with Crippen molar-refractivity contribution in [2.24, 2.45) is 0 Å². The molecule has 2 aromatic carbocycles. The van der Waals surface area contributed by atoms with E-state index in [1.165, 1.54) is 0 Å². The van der Waals surface area contributed by atoms with Gasteiger partial charge in [0.1, 0.15) is 11.5 Å². The summed E-state index contributed by atoms with van der Waals surface area (Å²) in [4.78, 5) is 26.5. The molecule has 0 bridgehead atoms. The lowest BCUT2D eigenvalue weighted by atomic mass is 10.1. The third-order valence-corrected chi connectivity index (χ3v) is 3.66. The Morgan fingerprint density at radius 1 is 0.800 bits per heavy atom. The van der Waals surface area contributed by atoms with Crippen LogP contribution in [0.1, 0.15) is 13.8 Å². The number of esters is 2. The lowest BCUT2D eigenvalue weighted by molar-refractivity contribution is -0.130. The van der Waals surface area contributed by atoms with Crippen LogP contribution in [0.15, 0.2) is 60.7 Å².